The highest BCUT2D eigenvalue weighted by molar-refractivity contribution is 5.00. The van der Waals surface area contributed by atoms with Gasteiger partial charge in [0.2, 0.25) is 0 Å². The van der Waals surface area contributed by atoms with Gasteiger partial charge in [-0.05, 0) is 55.8 Å². The first-order valence-electron chi connectivity index (χ1n) is 6.24. The molecule has 0 saturated heterocycles. The molecule has 0 radical (unpaired) electrons. The molecule has 0 amide bonds. The van der Waals surface area contributed by atoms with E-state index in [4.69, 9.17) is 0 Å². The van der Waals surface area contributed by atoms with Gasteiger partial charge in [-0.2, -0.15) is 0 Å². The highest BCUT2D eigenvalue weighted by Gasteiger charge is 2.48. The molecule has 1 aromatic rings. The van der Waals surface area contributed by atoms with Gasteiger partial charge in [-0.25, -0.2) is 0 Å². The van der Waals surface area contributed by atoms with E-state index in [-0.39, 0.29) is 0 Å². The van der Waals surface area contributed by atoms with Crippen LogP contribution in [-0.4, -0.2) is 14.8 Å². The standard InChI is InChI=1S/C12H17N3/c1-8-2-10-4-9(1)5-11(3-8)12(10)15-6-13-14-7-15/h6-12H,1-5H2. The molecular weight excluding hydrogens is 186 g/mol. The molecule has 4 aliphatic carbocycles. The molecule has 4 fully saturated rings. The molecule has 1 heterocycles. The van der Waals surface area contributed by atoms with Crippen molar-refractivity contribution in [2.24, 2.45) is 23.7 Å². The Bertz CT molecular complexity index is 329. The molecule has 3 nitrogen and oxygen atoms in total. The molecule has 15 heavy (non-hydrogen) atoms. The molecule has 5 rings (SSSR count). The Morgan fingerprint density at radius 3 is 1.87 bits per heavy atom. The molecule has 0 aliphatic heterocycles. The molecule has 4 aliphatic rings. The van der Waals surface area contributed by atoms with Gasteiger partial charge < -0.3 is 4.57 Å². The SMILES string of the molecule is c1nncn1C1C2CC3CC(C2)CC1C3. The highest BCUT2D eigenvalue weighted by atomic mass is 15.2. The maximum absolute atomic E-state index is 3.97. The minimum Gasteiger partial charge on any atom is -0.317 e. The van der Waals surface area contributed by atoms with Crippen molar-refractivity contribution in [3.05, 3.63) is 12.7 Å². The Morgan fingerprint density at radius 1 is 0.800 bits per heavy atom. The van der Waals surface area contributed by atoms with Gasteiger partial charge in [0, 0.05) is 6.04 Å². The molecule has 3 heteroatoms. The number of hydrogen-bond donors (Lipinski definition) is 0. The molecule has 4 bridgehead atoms. The van der Waals surface area contributed by atoms with Crippen LogP contribution in [0, 0.1) is 23.7 Å². The van der Waals surface area contributed by atoms with Crippen molar-refractivity contribution in [1.82, 2.24) is 14.8 Å². The second-order valence-corrected chi connectivity index (χ2v) is 5.83. The Balaban J connectivity index is 1.71. The molecule has 1 aromatic heterocycles. The van der Waals surface area contributed by atoms with Gasteiger partial charge in [0.15, 0.2) is 0 Å². The zero-order chi connectivity index (χ0) is 9.83. The lowest BCUT2D eigenvalue weighted by atomic mass is 9.54. The summed E-state index contributed by atoms with van der Waals surface area (Å²) in [4.78, 5) is 0. The summed E-state index contributed by atoms with van der Waals surface area (Å²) in [6, 6.07) is 0.729. The highest BCUT2D eigenvalue weighted by Crippen LogP contribution is 2.58. The lowest BCUT2D eigenvalue weighted by molar-refractivity contribution is -0.0292. The monoisotopic (exact) mass is 203 g/mol. The fourth-order valence-corrected chi connectivity index (χ4v) is 4.75. The summed E-state index contributed by atoms with van der Waals surface area (Å²) in [5.41, 5.74) is 0. The summed E-state index contributed by atoms with van der Waals surface area (Å²) >= 11 is 0. The summed E-state index contributed by atoms with van der Waals surface area (Å²) in [6.07, 6.45) is 11.2. The van der Waals surface area contributed by atoms with Crippen LogP contribution in [0.25, 0.3) is 0 Å². The van der Waals surface area contributed by atoms with Crippen LogP contribution in [0.2, 0.25) is 0 Å². The summed E-state index contributed by atoms with van der Waals surface area (Å²) in [7, 11) is 0. The minimum absolute atomic E-state index is 0.729. The van der Waals surface area contributed by atoms with Gasteiger partial charge in [0.25, 0.3) is 0 Å². The number of hydrogen-bond acceptors (Lipinski definition) is 2. The van der Waals surface area contributed by atoms with Gasteiger partial charge in [-0.3, -0.25) is 0 Å². The molecule has 0 unspecified atom stereocenters. The zero-order valence-electron chi connectivity index (χ0n) is 8.92. The second-order valence-electron chi connectivity index (χ2n) is 5.83. The maximum Gasteiger partial charge on any atom is 0.119 e. The zero-order valence-corrected chi connectivity index (χ0v) is 8.92. The maximum atomic E-state index is 3.97. The van der Waals surface area contributed by atoms with E-state index in [0.717, 1.165) is 29.7 Å². The lowest BCUT2D eigenvalue weighted by Crippen LogP contribution is -2.45. The van der Waals surface area contributed by atoms with Crippen molar-refractivity contribution in [1.29, 1.82) is 0 Å². The van der Waals surface area contributed by atoms with Crippen LogP contribution in [0.1, 0.15) is 38.1 Å². The van der Waals surface area contributed by atoms with E-state index in [9.17, 15) is 0 Å². The smallest absolute Gasteiger partial charge is 0.119 e. The molecule has 0 atom stereocenters. The fraction of sp³-hybridized carbons (Fsp3) is 0.833. The molecule has 0 N–H and O–H groups in total. The first kappa shape index (κ1) is 8.31. The summed E-state index contributed by atoms with van der Waals surface area (Å²) in [5, 5.41) is 7.94. The van der Waals surface area contributed by atoms with Crippen LogP contribution in [0.4, 0.5) is 0 Å². The molecular formula is C12H17N3. The van der Waals surface area contributed by atoms with Crippen molar-refractivity contribution >= 4 is 0 Å². The number of aromatic nitrogens is 3. The first-order chi connectivity index (χ1) is 7.40. The van der Waals surface area contributed by atoms with Crippen molar-refractivity contribution in [2.75, 3.05) is 0 Å². The minimum atomic E-state index is 0.729. The number of rotatable bonds is 1. The van der Waals surface area contributed by atoms with E-state index in [1.54, 1.807) is 0 Å². The summed E-state index contributed by atoms with van der Waals surface area (Å²) in [5.74, 6) is 3.97. The number of nitrogens with zero attached hydrogens (tertiary/aromatic N) is 3. The van der Waals surface area contributed by atoms with Crippen molar-refractivity contribution in [2.45, 2.75) is 38.1 Å². The average Bonchev–Trinajstić information content (AvgIpc) is 2.69. The van der Waals surface area contributed by atoms with Crippen LogP contribution >= 0.6 is 0 Å². The van der Waals surface area contributed by atoms with Crippen molar-refractivity contribution in [3.63, 3.8) is 0 Å². The van der Waals surface area contributed by atoms with E-state index in [0.29, 0.717) is 0 Å². The Kier molecular flexibility index (Phi) is 1.57. The molecule has 4 saturated carbocycles. The van der Waals surface area contributed by atoms with E-state index < -0.39 is 0 Å². The lowest BCUT2D eigenvalue weighted by Gasteiger charge is -2.54. The predicted molar refractivity (Wildman–Crippen MR) is 56.1 cm³/mol. The van der Waals surface area contributed by atoms with Crippen LogP contribution in [0.3, 0.4) is 0 Å². The van der Waals surface area contributed by atoms with Gasteiger partial charge in [-0.15, -0.1) is 10.2 Å². The Labute approximate surface area is 89.9 Å². The van der Waals surface area contributed by atoms with Crippen LogP contribution in [0.15, 0.2) is 12.7 Å². The van der Waals surface area contributed by atoms with Gasteiger partial charge in [0.1, 0.15) is 12.7 Å². The van der Waals surface area contributed by atoms with Gasteiger partial charge in [0.05, 0.1) is 0 Å². The topological polar surface area (TPSA) is 30.7 Å². The summed E-state index contributed by atoms with van der Waals surface area (Å²) in [6.45, 7) is 0. The molecule has 80 valence electrons. The average molecular weight is 203 g/mol. The third-order valence-electron chi connectivity index (χ3n) is 4.96. The molecule has 0 aromatic carbocycles. The third kappa shape index (κ3) is 1.12. The van der Waals surface area contributed by atoms with Gasteiger partial charge >= 0.3 is 0 Å². The Morgan fingerprint density at radius 2 is 1.33 bits per heavy atom. The second kappa shape index (κ2) is 2.83. The Hall–Kier alpha value is -0.860. The predicted octanol–water partition coefficient (Wildman–Crippen LogP) is 2.28. The van der Waals surface area contributed by atoms with E-state index >= 15 is 0 Å². The normalized spacial score (nSPS) is 47.3. The summed E-state index contributed by atoms with van der Waals surface area (Å²) < 4.78 is 2.28. The van der Waals surface area contributed by atoms with E-state index in [2.05, 4.69) is 14.8 Å². The quantitative estimate of drug-likeness (QED) is 0.701. The first-order valence-corrected chi connectivity index (χ1v) is 6.24. The van der Waals surface area contributed by atoms with Crippen molar-refractivity contribution < 1.29 is 0 Å². The van der Waals surface area contributed by atoms with Gasteiger partial charge in [-0.1, -0.05) is 0 Å². The van der Waals surface area contributed by atoms with Crippen LogP contribution in [0.5, 0.6) is 0 Å². The van der Waals surface area contributed by atoms with Crippen molar-refractivity contribution in [3.8, 4) is 0 Å². The molecule has 0 spiro atoms. The van der Waals surface area contributed by atoms with E-state index in [1.165, 1.54) is 32.1 Å². The largest absolute Gasteiger partial charge is 0.317 e. The third-order valence-corrected chi connectivity index (χ3v) is 4.96. The van der Waals surface area contributed by atoms with E-state index in [1.807, 2.05) is 12.7 Å². The fourth-order valence-electron chi connectivity index (χ4n) is 4.75. The van der Waals surface area contributed by atoms with Crippen LogP contribution < -0.4 is 0 Å². The van der Waals surface area contributed by atoms with Crippen LogP contribution in [-0.2, 0) is 0 Å².